The highest BCUT2D eigenvalue weighted by Crippen LogP contribution is 2.32. The molecule has 0 aliphatic carbocycles. The molecule has 3 heterocycles. The van der Waals surface area contributed by atoms with Crippen LogP contribution in [0.25, 0.3) is 0 Å². The minimum atomic E-state index is -4.90. The van der Waals surface area contributed by atoms with E-state index in [-0.39, 0.29) is 23.8 Å². The first-order valence-corrected chi connectivity index (χ1v) is 9.61. The molecular formula is C20H19F5N4O4. The molecule has 1 saturated heterocycles. The van der Waals surface area contributed by atoms with Gasteiger partial charge in [0.25, 0.3) is 11.8 Å². The number of rotatable bonds is 5. The fourth-order valence-electron chi connectivity index (χ4n) is 3.30. The number of likely N-dealkylation sites (tertiary alicyclic amines) is 1. The zero-order valence-corrected chi connectivity index (χ0v) is 17.4. The van der Waals surface area contributed by atoms with Crippen molar-refractivity contribution in [2.24, 2.45) is 0 Å². The number of nitrogens with zero attached hydrogens (tertiary/aromatic N) is 3. The van der Waals surface area contributed by atoms with Gasteiger partial charge in [-0.05, 0) is 31.0 Å². The monoisotopic (exact) mass is 474 g/mol. The van der Waals surface area contributed by atoms with Gasteiger partial charge in [-0.15, -0.1) is 13.2 Å². The summed E-state index contributed by atoms with van der Waals surface area (Å²) in [6.45, 7) is 0.540. The first-order chi connectivity index (χ1) is 15.4. The van der Waals surface area contributed by atoms with E-state index >= 15 is 0 Å². The molecule has 0 bridgehead atoms. The summed E-state index contributed by atoms with van der Waals surface area (Å²) in [5.74, 6) is -5.50. The smallest absolute Gasteiger partial charge is 0.467 e. The fourth-order valence-corrected chi connectivity index (χ4v) is 3.30. The van der Waals surface area contributed by atoms with Gasteiger partial charge in [0.1, 0.15) is 29.1 Å². The Morgan fingerprint density at radius 2 is 1.94 bits per heavy atom. The standard InChI is InChI=1S/C20H19F5N4O4/c1-11-3-4-14(27-15-9-12(6-8-26-15)33-20(23,24)25)28-16(11)17(30)29-10-19(21,22)7-5-13(29)18(31)32-2/h3-4,6,8-9,13H,5,7,10H2,1-2H3,(H,26,27,28). The largest absolute Gasteiger partial charge is 0.573 e. The molecule has 1 unspecified atom stereocenters. The van der Waals surface area contributed by atoms with E-state index in [0.717, 1.165) is 30.3 Å². The van der Waals surface area contributed by atoms with Gasteiger partial charge < -0.3 is 19.7 Å². The quantitative estimate of drug-likeness (QED) is 0.520. The average Bonchev–Trinajstić information content (AvgIpc) is 2.72. The number of esters is 1. The molecule has 2 aromatic heterocycles. The molecule has 0 saturated carbocycles. The topological polar surface area (TPSA) is 93.7 Å². The second-order valence-electron chi connectivity index (χ2n) is 7.28. The molecule has 0 spiro atoms. The van der Waals surface area contributed by atoms with Crippen LogP contribution in [0.15, 0.2) is 30.5 Å². The van der Waals surface area contributed by atoms with E-state index in [9.17, 15) is 31.5 Å². The number of carbonyl (C=O) groups excluding carboxylic acids is 2. The lowest BCUT2D eigenvalue weighted by atomic mass is 9.98. The third-order valence-corrected chi connectivity index (χ3v) is 4.82. The highest BCUT2D eigenvalue weighted by molar-refractivity contribution is 5.97. The van der Waals surface area contributed by atoms with Gasteiger partial charge in [-0.2, -0.15) is 0 Å². The predicted octanol–water partition coefficient (Wildman–Crippen LogP) is 3.84. The molecule has 1 atom stereocenters. The fraction of sp³-hybridized carbons (Fsp3) is 0.400. The molecule has 1 aliphatic heterocycles. The van der Waals surface area contributed by atoms with E-state index in [4.69, 9.17) is 0 Å². The van der Waals surface area contributed by atoms with Crippen LogP contribution in [-0.2, 0) is 9.53 Å². The van der Waals surface area contributed by atoms with Gasteiger partial charge in [-0.1, -0.05) is 6.07 Å². The number of pyridine rings is 2. The number of aryl methyl sites for hydroxylation is 1. The molecule has 1 amide bonds. The number of methoxy groups -OCH3 is 1. The molecular weight excluding hydrogens is 455 g/mol. The molecule has 1 fully saturated rings. The number of hydrogen-bond acceptors (Lipinski definition) is 7. The Balaban J connectivity index is 1.87. The van der Waals surface area contributed by atoms with E-state index in [1.54, 1.807) is 0 Å². The maximum absolute atomic E-state index is 14.0. The van der Waals surface area contributed by atoms with Gasteiger partial charge in [0.05, 0.1) is 13.7 Å². The van der Waals surface area contributed by atoms with Gasteiger partial charge in [-0.25, -0.2) is 23.5 Å². The minimum Gasteiger partial charge on any atom is -0.467 e. The molecule has 3 rings (SSSR count). The summed E-state index contributed by atoms with van der Waals surface area (Å²) in [5.41, 5.74) is 0.125. The van der Waals surface area contributed by atoms with E-state index < -0.39 is 48.9 Å². The zero-order chi connectivity index (χ0) is 24.4. The van der Waals surface area contributed by atoms with Crippen molar-refractivity contribution in [1.82, 2.24) is 14.9 Å². The van der Waals surface area contributed by atoms with E-state index in [2.05, 4.69) is 24.8 Å². The van der Waals surface area contributed by atoms with Crippen molar-refractivity contribution in [3.8, 4) is 5.75 Å². The summed E-state index contributed by atoms with van der Waals surface area (Å²) in [4.78, 5) is 33.8. The number of piperidine rings is 1. The lowest BCUT2D eigenvalue weighted by Crippen LogP contribution is -2.55. The Hall–Kier alpha value is -3.51. The van der Waals surface area contributed by atoms with Crippen LogP contribution in [0.1, 0.15) is 28.9 Å². The molecule has 1 aliphatic rings. The van der Waals surface area contributed by atoms with Crippen LogP contribution in [-0.4, -0.2) is 58.7 Å². The second-order valence-corrected chi connectivity index (χ2v) is 7.28. The van der Waals surface area contributed by atoms with Crippen molar-refractivity contribution in [3.63, 3.8) is 0 Å². The molecule has 13 heteroatoms. The van der Waals surface area contributed by atoms with Crippen molar-refractivity contribution in [2.75, 3.05) is 19.0 Å². The van der Waals surface area contributed by atoms with Gasteiger partial charge in [0, 0.05) is 18.7 Å². The summed E-state index contributed by atoms with van der Waals surface area (Å²) < 4.78 is 73.8. The van der Waals surface area contributed by atoms with E-state index in [1.165, 1.54) is 19.1 Å². The number of ether oxygens (including phenoxy) is 2. The van der Waals surface area contributed by atoms with Crippen molar-refractivity contribution in [2.45, 2.75) is 38.1 Å². The third kappa shape index (κ3) is 6.05. The highest BCUT2D eigenvalue weighted by Gasteiger charge is 2.46. The predicted molar refractivity (Wildman–Crippen MR) is 104 cm³/mol. The molecule has 33 heavy (non-hydrogen) atoms. The van der Waals surface area contributed by atoms with Crippen molar-refractivity contribution in [1.29, 1.82) is 0 Å². The zero-order valence-electron chi connectivity index (χ0n) is 17.4. The highest BCUT2D eigenvalue weighted by atomic mass is 19.4. The summed E-state index contributed by atoms with van der Waals surface area (Å²) in [5, 5.41) is 2.64. The van der Waals surface area contributed by atoms with Crippen LogP contribution in [0.4, 0.5) is 33.6 Å². The van der Waals surface area contributed by atoms with Crippen molar-refractivity contribution < 1.29 is 41.0 Å². The maximum atomic E-state index is 14.0. The molecule has 178 valence electrons. The molecule has 8 nitrogen and oxygen atoms in total. The first-order valence-electron chi connectivity index (χ1n) is 9.61. The Labute approximate surface area is 184 Å². The first kappa shape index (κ1) is 24.1. The molecule has 1 N–H and O–H groups in total. The molecule has 2 aromatic rings. The summed E-state index contributed by atoms with van der Waals surface area (Å²) in [6.07, 6.45) is -4.68. The number of anilines is 2. The lowest BCUT2D eigenvalue weighted by molar-refractivity contribution is -0.274. The van der Waals surface area contributed by atoms with Crippen LogP contribution in [0.2, 0.25) is 0 Å². The van der Waals surface area contributed by atoms with Gasteiger partial charge in [0.2, 0.25) is 0 Å². The van der Waals surface area contributed by atoms with Gasteiger partial charge in [0.15, 0.2) is 0 Å². The number of alkyl halides is 5. The normalized spacial score (nSPS) is 17.9. The maximum Gasteiger partial charge on any atom is 0.573 e. The number of nitrogens with one attached hydrogen (secondary N) is 1. The van der Waals surface area contributed by atoms with Crippen LogP contribution >= 0.6 is 0 Å². The molecule has 0 aromatic carbocycles. The Morgan fingerprint density at radius 3 is 2.61 bits per heavy atom. The number of halogens is 5. The van der Waals surface area contributed by atoms with Crippen molar-refractivity contribution in [3.05, 3.63) is 41.7 Å². The number of hydrogen-bond donors (Lipinski definition) is 1. The Bertz CT molecular complexity index is 1050. The average molecular weight is 474 g/mol. The molecule has 0 radical (unpaired) electrons. The lowest BCUT2D eigenvalue weighted by Gasteiger charge is -2.37. The third-order valence-electron chi connectivity index (χ3n) is 4.82. The van der Waals surface area contributed by atoms with Crippen LogP contribution < -0.4 is 10.1 Å². The number of aromatic nitrogens is 2. The van der Waals surface area contributed by atoms with Crippen LogP contribution in [0.3, 0.4) is 0 Å². The van der Waals surface area contributed by atoms with E-state index in [0.29, 0.717) is 5.56 Å². The summed E-state index contributed by atoms with van der Waals surface area (Å²) >= 11 is 0. The SMILES string of the molecule is COC(=O)C1CCC(F)(F)CN1C(=O)c1nc(Nc2cc(OC(F)(F)F)ccn2)ccc1C. The van der Waals surface area contributed by atoms with Crippen LogP contribution in [0, 0.1) is 6.92 Å². The number of amides is 1. The summed E-state index contributed by atoms with van der Waals surface area (Å²) in [6, 6.07) is 3.66. The van der Waals surface area contributed by atoms with Crippen molar-refractivity contribution >= 4 is 23.5 Å². The Morgan fingerprint density at radius 1 is 1.21 bits per heavy atom. The van der Waals surface area contributed by atoms with E-state index in [1.807, 2.05) is 0 Å². The second kappa shape index (κ2) is 9.16. The number of carbonyl (C=O) groups is 2. The minimum absolute atomic E-state index is 0.0130. The Kier molecular flexibility index (Phi) is 6.70. The summed E-state index contributed by atoms with van der Waals surface area (Å²) in [7, 11) is 1.09. The van der Waals surface area contributed by atoms with Gasteiger partial charge >= 0.3 is 12.3 Å². The van der Waals surface area contributed by atoms with Crippen LogP contribution in [0.5, 0.6) is 5.75 Å². The van der Waals surface area contributed by atoms with Gasteiger partial charge in [-0.3, -0.25) is 4.79 Å².